The summed E-state index contributed by atoms with van der Waals surface area (Å²) in [5.74, 6) is 1.82. The van der Waals surface area contributed by atoms with E-state index in [-0.39, 0.29) is 17.7 Å². The smallest absolute Gasteiger partial charge is 0.258 e. The molecule has 0 spiro atoms. The van der Waals surface area contributed by atoms with Gasteiger partial charge in [0.1, 0.15) is 11.5 Å². The van der Waals surface area contributed by atoms with Gasteiger partial charge in [-0.2, -0.15) is 0 Å². The number of carbonyl (C=O) groups excluding carboxylic acids is 2. The van der Waals surface area contributed by atoms with Crippen LogP contribution in [0.1, 0.15) is 64.3 Å². The van der Waals surface area contributed by atoms with E-state index < -0.39 is 10.0 Å². The molecule has 7 nitrogen and oxygen atoms in total. The number of nitrogens with zero attached hydrogens (tertiary/aromatic N) is 2. The summed E-state index contributed by atoms with van der Waals surface area (Å²) >= 11 is 0. The summed E-state index contributed by atoms with van der Waals surface area (Å²) < 4.78 is 31.0. The van der Waals surface area contributed by atoms with E-state index in [9.17, 15) is 18.0 Å². The van der Waals surface area contributed by atoms with E-state index >= 15 is 0 Å². The number of ketones is 1. The summed E-state index contributed by atoms with van der Waals surface area (Å²) in [6.45, 7) is 3.02. The second kappa shape index (κ2) is 6.99. The van der Waals surface area contributed by atoms with Crippen LogP contribution in [-0.2, 0) is 16.4 Å². The molecule has 0 bridgehead atoms. The van der Waals surface area contributed by atoms with E-state index in [1.165, 1.54) is 10.6 Å². The van der Waals surface area contributed by atoms with Crippen molar-refractivity contribution in [1.29, 1.82) is 0 Å². The number of sulfonamides is 1. The van der Waals surface area contributed by atoms with E-state index in [4.69, 9.17) is 4.42 Å². The molecule has 0 unspecified atom stereocenters. The fourth-order valence-corrected chi connectivity index (χ4v) is 5.94. The quantitative estimate of drug-likeness (QED) is 0.765. The molecular formula is C20H28N2O5S. The minimum absolute atomic E-state index is 0.00468. The van der Waals surface area contributed by atoms with Gasteiger partial charge in [0.15, 0.2) is 5.78 Å². The monoisotopic (exact) mass is 408 g/mol. The first-order valence-electron chi connectivity index (χ1n) is 10.0. The fraction of sp³-hybridized carbons (Fsp3) is 0.700. The number of aryl methyl sites for hydroxylation is 2. The number of amides is 1. The van der Waals surface area contributed by atoms with Crippen LogP contribution in [-0.4, -0.2) is 61.7 Å². The maximum Gasteiger partial charge on any atom is 0.258 e. The average molecular weight is 409 g/mol. The van der Waals surface area contributed by atoms with Crippen LogP contribution in [0.4, 0.5) is 0 Å². The lowest BCUT2D eigenvalue weighted by atomic mass is 9.87. The Balaban J connectivity index is 1.52. The first-order valence-corrected chi connectivity index (χ1v) is 11.9. The number of rotatable bonds is 3. The number of fused-ring (bicyclic) bond motifs is 2. The van der Waals surface area contributed by atoms with Crippen LogP contribution in [0.2, 0.25) is 0 Å². The molecule has 8 heteroatoms. The largest absolute Gasteiger partial charge is 0.465 e. The Hall–Kier alpha value is -1.67. The van der Waals surface area contributed by atoms with E-state index in [1.54, 1.807) is 14.0 Å². The molecule has 2 heterocycles. The molecule has 4 rings (SSSR count). The zero-order chi connectivity index (χ0) is 20.2. The second-order valence-corrected chi connectivity index (χ2v) is 10.6. The van der Waals surface area contributed by atoms with Gasteiger partial charge in [-0.1, -0.05) is 0 Å². The highest BCUT2D eigenvalue weighted by atomic mass is 32.2. The van der Waals surface area contributed by atoms with Crippen LogP contribution in [0, 0.1) is 18.8 Å². The summed E-state index contributed by atoms with van der Waals surface area (Å²) in [5.41, 5.74) is 0.943. The molecule has 3 atom stereocenters. The van der Waals surface area contributed by atoms with Crippen molar-refractivity contribution >= 4 is 21.7 Å². The molecule has 1 aromatic heterocycles. The highest BCUT2D eigenvalue weighted by Crippen LogP contribution is 2.41. The molecule has 0 aromatic carbocycles. The van der Waals surface area contributed by atoms with E-state index in [0.29, 0.717) is 60.4 Å². The third kappa shape index (κ3) is 3.30. The Morgan fingerprint density at radius 2 is 1.93 bits per heavy atom. The van der Waals surface area contributed by atoms with Crippen molar-refractivity contribution in [3.63, 3.8) is 0 Å². The highest BCUT2D eigenvalue weighted by Gasteiger charge is 2.43. The minimum Gasteiger partial charge on any atom is -0.465 e. The van der Waals surface area contributed by atoms with Gasteiger partial charge in [-0.25, -0.2) is 12.7 Å². The van der Waals surface area contributed by atoms with Crippen molar-refractivity contribution in [1.82, 2.24) is 9.21 Å². The third-order valence-corrected chi connectivity index (χ3v) is 8.17. The molecule has 0 N–H and O–H groups in total. The van der Waals surface area contributed by atoms with Gasteiger partial charge in [0.05, 0.1) is 17.4 Å². The number of furan rings is 1. The molecule has 2 aliphatic carbocycles. The van der Waals surface area contributed by atoms with Crippen molar-refractivity contribution in [3.05, 3.63) is 22.6 Å². The van der Waals surface area contributed by atoms with Gasteiger partial charge in [-0.05, 0) is 44.4 Å². The van der Waals surface area contributed by atoms with Gasteiger partial charge in [0.25, 0.3) is 5.91 Å². The molecule has 2 fully saturated rings. The SMILES string of the molecule is Cc1oc2c(c1C(=O)N1CC[C@@H]3C[C@H](N(C)S(C)(=O)=O)C[C@@H]3C1)C(=O)CCC2. The normalized spacial score (nSPS) is 27.8. The number of hydrogen-bond donors (Lipinski definition) is 0. The molecule has 1 saturated carbocycles. The first kappa shape index (κ1) is 19.6. The highest BCUT2D eigenvalue weighted by molar-refractivity contribution is 7.88. The molecule has 3 aliphatic rings. The fourth-order valence-electron chi connectivity index (χ4n) is 5.23. The molecule has 154 valence electrons. The molecule has 28 heavy (non-hydrogen) atoms. The van der Waals surface area contributed by atoms with Crippen LogP contribution >= 0.6 is 0 Å². The van der Waals surface area contributed by atoms with Crippen LogP contribution in [0.25, 0.3) is 0 Å². The van der Waals surface area contributed by atoms with Crippen LogP contribution in [0.5, 0.6) is 0 Å². The minimum atomic E-state index is -3.21. The van der Waals surface area contributed by atoms with Gasteiger partial charge >= 0.3 is 0 Å². The Morgan fingerprint density at radius 1 is 1.21 bits per heavy atom. The zero-order valence-electron chi connectivity index (χ0n) is 16.7. The van der Waals surface area contributed by atoms with Gasteiger partial charge in [-0.3, -0.25) is 9.59 Å². The standard InChI is InChI=1S/C20H28N2O5S/c1-12-18(19-16(23)5-4-6-17(19)27-12)20(24)22-8-7-13-9-15(10-14(13)11-22)21(2)28(3,25)26/h13-15H,4-11H2,1-3H3/t13-,14-,15+/m1/s1. The summed E-state index contributed by atoms with van der Waals surface area (Å²) in [6, 6.07) is 0.00468. The molecular weight excluding hydrogens is 380 g/mol. The predicted molar refractivity (Wildman–Crippen MR) is 104 cm³/mol. The number of Topliss-reactive ketones (excluding diaryl/α,β-unsaturated/α-hetero) is 1. The van der Waals surface area contributed by atoms with E-state index in [1.807, 2.05) is 4.90 Å². The number of piperidine rings is 1. The summed E-state index contributed by atoms with van der Waals surface area (Å²) in [5, 5.41) is 0. The topological polar surface area (TPSA) is 87.9 Å². The first-order chi connectivity index (χ1) is 13.2. The molecule has 1 saturated heterocycles. The lowest BCUT2D eigenvalue weighted by Crippen LogP contribution is -2.42. The van der Waals surface area contributed by atoms with Crippen molar-refractivity contribution in [2.24, 2.45) is 11.8 Å². The van der Waals surface area contributed by atoms with Crippen molar-refractivity contribution in [2.75, 3.05) is 26.4 Å². The summed E-state index contributed by atoms with van der Waals surface area (Å²) in [6.07, 6.45) is 5.70. The number of hydrogen-bond acceptors (Lipinski definition) is 5. The van der Waals surface area contributed by atoms with Crippen molar-refractivity contribution in [3.8, 4) is 0 Å². The lowest BCUT2D eigenvalue weighted by molar-refractivity contribution is 0.0622. The third-order valence-electron chi connectivity index (χ3n) is 6.82. The Bertz CT molecular complexity index is 919. The molecule has 1 amide bonds. The number of carbonyl (C=O) groups is 2. The predicted octanol–water partition coefficient (Wildman–Crippen LogP) is 2.24. The molecule has 1 aliphatic heterocycles. The average Bonchev–Trinajstić information content (AvgIpc) is 3.20. The molecule has 1 aromatic rings. The summed E-state index contributed by atoms with van der Waals surface area (Å²) in [4.78, 5) is 27.5. The van der Waals surface area contributed by atoms with Gasteiger partial charge in [0.2, 0.25) is 10.0 Å². The van der Waals surface area contributed by atoms with E-state index in [0.717, 1.165) is 25.7 Å². The van der Waals surface area contributed by atoms with Crippen molar-refractivity contribution in [2.45, 2.75) is 51.5 Å². The van der Waals surface area contributed by atoms with Gasteiger partial charge in [-0.15, -0.1) is 0 Å². The van der Waals surface area contributed by atoms with Crippen LogP contribution in [0.3, 0.4) is 0 Å². The Morgan fingerprint density at radius 3 is 2.64 bits per heavy atom. The Labute approximate surface area is 166 Å². The van der Waals surface area contributed by atoms with Gasteiger partial charge in [0, 0.05) is 39.0 Å². The van der Waals surface area contributed by atoms with Crippen LogP contribution in [0.15, 0.2) is 4.42 Å². The lowest BCUT2D eigenvalue weighted by Gasteiger charge is -2.35. The second-order valence-electron chi connectivity index (χ2n) is 8.57. The summed E-state index contributed by atoms with van der Waals surface area (Å²) in [7, 11) is -1.57. The van der Waals surface area contributed by atoms with Crippen LogP contribution < -0.4 is 0 Å². The number of likely N-dealkylation sites (tertiary alicyclic amines) is 1. The van der Waals surface area contributed by atoms with Crippen molar-refractivity contribution < 1.29 is 22.4 Å². The maximum atomic E-state index is 13.3. The zero-order valence-corrected chi connectivity index (χ0v) is 17.5. The van der Waals surface area contributed by atoms with Gasteiger partial charge < -0.3 is 9.32 Å². The van der Waals surface area contributed by atoms with E-state index in [2.05, 4.69) is 0 Å². The Kier molecular flexibility index (Phi) is 4.90. The molecule has 0 radical (unpaired) electrons. The maximum absolute atomic E-state index is 13.3.